The Morgan fingerprint density at radius 3 is 2.31 bits per heavy atom. The van der Waals surface area contributed by atoms with E-state index in [0.29, 0.717) is 33.9 Å². The van der Waals surface area contributed by atoms with E-state index in [-0.39, 0.29) is 11.3 Å². The summed E-state index contributed by atoms with van der Waals surface area (Å²) in [7, 11) is 0. The van der Waals surface area contributed by atoms with Crippen LogP contribution in [-0.4, -0.2) is 34.9 Å². The van der Waals surface area contributed by atoms with E-state index in [4.69, 9.17) is 0 Å². The number of benzene rings is 2. The molecule has 0 unspecified atom stereocenters. The highest BCUT2D eigenvalue weighted by Crippen LogP contribution is 2.30. The Kier molecular flexibility index (Phi) is 5.89. The lowest BCUT2D eigenvalue weighted by atomic mass is 10.0. The Morgan fingerprint density at radius 2 is 1.59 bits per heavy atom. The van der Waals surface area contributed by atoms with Crippen molar-refractivity contribution in [1.82, 2.24) is 34.9 Å². The fourth-order valence-electron chi connectivity index (χ4n) is 3.19. The van der Waals surface area contributed by atoms with E-state index in [9.17, 15) is 8.78 Å². The molecular weight excluding hydrogens is 412 g/mol. The van der Waals surface area contributed by atoms with Crippen molar-refractivity contribution in [2.24, 2.45) is 0 Å². The van der Waals surface area contributed by atoms with E-state index in [1.807, 2.05) is 26.0 Å². The zero-order valence-electron chi connectivity index (χ0n) is 17.7. The topological polar surface area (TPSA) is 82.3 Å². The second-order valence-electron chi connectivity index (χ2n) is 6.55. The summed E-state index contributed by atoms with van der Waals surface area (Å²) in [4.78, 5) is 12.9. The monoisotopic (exact) mass is 431 g/mol. The van der Waals surface area contributed by atoms with Crippen LogP contribution in [0.1, 0.15) is 19.7 Å². The molecule has 0 amide bonds. The number of fused-ring (bicyclic) bond motifs is 1. The smallest absolute Gasteiger partial charge is 0.220 e. The summed E-state index contributed by atoms with van der Waals surface area (Å²) in [5.41, 5.74) is 1.79. The molecule has 0 saturated carbocycles. The minimum atomic E-state index is -0.691. The molecule has 0 bridgehead atoms. The molecule has 0 radical (unpaired) electrons. The van der Waals surface area contributed by atoms with Gasteiger partial charge in [0.25, 0.3) is 5.95 Å². The molecule has 160 valence electrons. The number of nitrogens with zero attached hydrogens (tertiary/aromatic N) is 7. The third-order valence-corrected chi connectivity index (χ3v) is 4.57. The van der Waals surface area contributed by atoms with Crippen LogP contribution in [0.2, 0.25) is 0 Å². The van der Waals surface area contributed by atoms with Crippen LogP contribution in [0.25, 0.3) is 39.4 Å². The van der Waals surface area contributed by atoms with Gasteiger partial charge in [-0.1, -0.05) is 38.1 Å². The largest absolute Gasteiger partial charge is 0.252 e. The van der Waals surface area contributed by atoms with Gasteiger partial charge in [0.1, 0.15) is 29.3 Å². The summed E-state index contributed by atoms with van der Waals surface area (Å²) in [5, 5.41) is 13.2. The molecule has 9 heteroatoms. The number of hydrogen-bond acceptors (Lipinski definition) is 6. The molecule has 3 heterocycles. The Hall–Kier alpha value is -4.14. The van der Waals surface area contributed by atoms with Gasteiger partial charge in [0.05, 0.1) is 17.0 Å². The van der Waals surface area contributed by atoms with E-state index < -0.39 is 11.6 Å². The molecule has 7 nitrogen and oxygen atoms in total. The molecule has 0 atom stereocenters. The Morgan fingerprint density at radius 1 is 0.844 bits per heavy atom. The third kappa shape index (κ3) is 3.92. The maximum atomic E-state index is 14.1. The predicted octanol–water partition coefficient (Wildman–Crippen LogP) is 4.95. The number of rotatable bonds is 3. The van der Waals surface area contributed by atoms with Crippen LogP contribution in [0, 0.1) is 18.6 Å². The van der Waals surface area contributed by atoms with E-state index in [0.717, 1.165) is 0 Å². The molecule has 0 fully saturated rings. The summed E-state index contributed by atoms with van der Waals surface area (Å²) in [6, 6.07) is 12.5. The highest BCUT2D eigenvalue weighted by molar-refractivity contribution is 5.93. The highest BCUT2D eigenvalue weighted by Gasteiger charge is 2.15. The molecule has 0 aliphatic carbocycles. The van der Waals surface area contributed by atoms with Crippen molar-refractivity contribution in [2.75, 3.05) is 0 Å². The number of aryl methyl sites for hydroxylation is 1. The molecule has 3 aromatic heterocycles. The summed E-state index contributed by atoms with van der Waals surface area (Å²) < 4.78 is 29.8. The van der Waals surface area contributed by atoms with Crippen molar-refractivity contribution in [1.29, 1.82) is 0 Å². The second kappa shape index (κ2) is 8.93. The van der Waals surface area contributed by atoms with Gasteiger partial charge in [0.15, 0.2) is 0 Å². The van der Waals surface area contributed by atoms with E-state index in [1.165, 1.54) is 29.2 Å². The molecule has 32 heavy (non-hydrogen) atoms. The normalized spacial score (nSPS) is 10.7. The van der Waals surface area contributed by atoms with Gasteiger partial charge >= 0.3 is 0 Å². The van der Waals surface area contributed by atoms with Crippen molar-refractivity contribution in [3.05, 3.63) is 78.5 Å². The number of aromatic nitrogens is 7. The van der Waals surface area contributed by atoms with Crippen LogP contribution in [-0.2, 0) is 0 Å². The van der Waals surface area contributed by atoms with Gasteiger partial charge in [-0.05, 0) is 31.2 Å². The Bertz CT molecular complexity index is 1380. The van der Waals surface area contributed by atoms with Crippen molar-refractivity contribution in [2.45, 2.75) is 20.8 Å². The molecule has 2 aromatic carbocycles. The highest BCUT2D eigenvalue weighted by atomic mass is 19.1. The van der Waals surface area contributed by atoms with Gasteiger partial charge in [-0.2, -0.15) is 4.68 Å². The van der Waals surface area contributed by atoms with Crippen LogP contribution in [0.4, 0.5) is 8.78 Å². The molecule has 0 N–H and O–H groups in total. The Balaban J connectivity index is 0.00000119. The van der Waals surface area contributed by atoms with Gasteiger partial charge in [0, 0.05) is 17.1 Å². The van der Waals surface area contributed by atoms with Gasteiger partial charge in [0.2, 0.25) is 0 Å². The zero-order valence-corrected chi connectivity index (χ0v) is 17.7. The van der Waals surface area contributed by atoms with Gasteiger partial charge in [-0.15, -0.1) is 15.3 Å². The Labute approximate surface area is 182 Å². The van der Waals surface area contributed by atoms with Crippen LogP contribution in [0.3, 0.4) is 0 Å². The average molecular weight is 431 g/mol. The quantitative estimate of drug-likeness (QED) is 0.402. The van der Waals surface area contributed by atoms with Gasteiger partial charge in [-0.3, -0.25) is 0 Å². The van der Waals surface area contributed by atoms with Crippen LogP contribution >= 0.6 is 0 Å². The zero-order chi connectivity index (χ0) is 22.7. The van der Waals surface area contributed by atoms with Gasteiger partial charge in [-0.25, -0.2) is 23.7 Å². The van der Waals surface area contributed by atoms with Crippen molar-refractivity contribution < 1.29 is 8.78 Å². The van der Waals surface area contributed by atoms with Crippen LogP contribution < -0.4 is 0 Å². The molecular formula is C23H19F2N7. The molecule has 0 saturated heterocycles. The third-order valence-electron chi connectivity index (χ3n) is 4.57. The average Bonchev–Trinajstić information content (AvgIpc) is 3.26. The molecule has 0 aliphatic heterocycles. The lowest BCUT2D eigenvalue weighted by molar-refractivity contribution is 0.588. The first-order valence-electron chi connectivity index (χ1n) is 10.0. The predicted molar refractivity (Wildman–Crippen MR) is 117 cm³/mol. The first kappa shape index (κ1) is 21.1. The van der Waals surface area contributed by atoms with E-state index in [1.54, 1.807) is 31.3 Å². The molecule has 0 spiro atoms. The number of halogens is 2. The molecule has 5 aromatic rings. The molecule has 5 rings (SSSR count). The van der Waals surface area contributed by atoms with Crippen LogP contribution in [0.15, 0.2) is 61.1 Å². The summed E-state index contributed by atoms with van der Waals surface area (Å²) in [6.07, 6.45) is 3.15. The summed E-state index contributed by atoms with van der Waals surface area (Å²) >= 11 is 0. The van der Waals surface area contributed by atoms with E-state index in [2.05, 4.69) is 30.2 Å². The maximum absolute atomic E-state index is 14.1. The fourth-order valence-corrected chi connectivity index (χ4v) is 3.19. The minimum Gasteiger partial charge on any atom is -0.220 e. The lowest BCUT2D eigenvalue weighted by Crippen LogP contribution is -2.03. The van der Waals surface area contributed by atoms with Crippen molar-refractivity contribution in [3.63, 3.8) is 0 Å². The first-order chi connectivity index (χ1) is 15.6. The standard InChI is InChI=1S/C21H13F2N7.C2H6/c1-12-25-11-30(29-12)21-24-9-8-17(26-21)14-5-2-4-13-10-18(27-28-20(13)14)19-15(22)6-3-7-16(19)23;1-2/h2-11H,1H3;1-2H3. The fraction of sp³-hybridized carbons (Fsp3) is 0.130. The molecule has 0 aliphatic rings. The second-order valence-corrected chi connectivity index (χ2v) is 6.55. The SMILES string of the molecule is CC.Cc1ncn(-c2nccc(-c3cccc4cc(-c5c(F)cccc5F)nnc34)n2)n1. The van der Waals surface area contributed by atoms with Crippen molar-refractivity contribution in [3.8, 4) is 28.5 Å². The first-order valence-corrected chi connectivity index (χ1v) is 10.0. The number of hydrogen-bond donors (Lipinski definition) is 0. The van der Waals surface area contributed by atoms with E-state index >= 15 is 0 Å². The maximum Gasteiger partial charge on any atom is 0.252 e. The lowest BCUT2D eigenvalue weighted by Gasteiger charge is -2.08. The van der Waals surface area contributed by atoms with Crippen LogP contribution in [0.5, 0.6) is 0 Å². The van der Waals surface area contributed by atoms with Crippen molar-refractivity contribution >= 4 is 10.9 Å². The minimum absolute atomic E-state index is 0.122. The summed E-state index contributed by atoms with van der Waals surface area (Å²) in [5.74, 6) is -0.414. The van der Waals surface area contributed by atoms with Gasteiger partial charge < -0.3 is 0 Å². The summed E-state index contributed by atoms with van der Waals surface area (Å²) in [6.45, 7) is 5.77.